The molecule has 1 aliphatic heterocycles. The fraction of sp³-hybridized carbons (Fsp3) is 0.400. The molecule has 1 fully saturated rings. The van der Waals surface area contributed by atoms with Crippen molar-refractivity contribution in [2.45, 2.75) is 24.0 Å². The molecule has 1 saturated heterocycles. The lowest BCUT2D eigenvalue weighted by atomic mass is 9.74. The Morgan fingerprint density at radius 1 is 1.15 bits per heavy atom. The molecule has 0 aliphatic carbocycles. The van der Waals surface area contributed by atoms with E-state index < -0.39 is 15.8 Å². The fourth-order valence-corrected chi connectivity index (χ4v) is 4.64. The van der Waals surface area contributed by atoms with Crippen LogP contribution in [0.5, 0.6) is 5.75 Å². The maximum absolute atomic E-state index is 13.3. The van der Waals surface area contributed by atoms with Crippen LogP contribution in [-0.4, -0.2) is 35.3 Å². The largest absolute Gasteiger partial charge is 0.497 e. The number of hydrogen-bond donors (Lipinski definition) is 1. The highest BCUT2D eigenvalue weighted by Gasteiger charge is 2.35. The van der Waals surface area contributed by atoms with Crippen LogP contribution in [0, 0.1) is 5.82 Å². The van der Waals surface area contributed by atoms with Crippen LogP contribution < -0.4 is 9.46 Å². The van der Waals surface area contributed by atoms with Gasteiger partial charge in [-0.3, -0.25) is 0 Å². The first-order chi connectivity index (χ1) is 12.9. The summed E-state index contributed by atoms with van der Waals surface area (Å²) in [6.45, 7) is 1.44. The summed E-state index contributed by atoms with van der Waals surface area (Å²) in [7, 11) is -1.98. The van der Waals surface area contributed by atoms with Crippen molar-refractivity contribution in [2.75, 3.05) is 26.9 Å². The van der Waals surface area contributed by atoms with Crippen molar-refractivity contribution in [1.82, 2.24) is 4.72 Å². The SMILES string of the molecule is COc1ccc(C2(CNS(=O)(=O)Cc3cccc(F)c3)CCOCC2)cc1. The molecule has 5 nitrogen and oxygen atoms in total. The second kappa shape index (κ2) is 8.37. The summed E-state index contributed by atoms with van der Waals surface area (Å²) in [6.07, 6.45) is 1.45. The van der Waals surface area contributed by atoms with Gasteiger partial charge < -0.3 is 9.47 Å². The zero-order valence-electron chi connectivity index (χ0n) is 15.3. The summed E-state index contributed by atoms with van der Waals surface area (Å²) in [5.74, 6) is 0.0643. The summed E-state index contributed by atoms with van der Waals surface area (Å²) < 4.78 is 51.8. The van der Waals surface area contributed by atoms with Gasteiger partial charge in [-0.2, -0.15) is 0 Å². The number of benzene rings is 2. The fourth-order valence-electron chi connectivity index (χ4n) is 3.42. The number of nitrogens with one attached hydrogen (secondary N) is 1. The highest BCUT2D eigenvalue weighted by molar-refractivity contribution is 7.88. The molecular formula is C20H24FNO4S. The number of rotatable bonds is 7. The van der Waals surface area contributed by atoms with Crippen LogP contribution in [0.15, 0.2) is 48.5 Å². The van der Waals surface area contributed by atoms with Gasteiger partial charge >= 0.3 is 0 Å². The third-order valence-electron chi connectivity index (χ3n) is 5.03. The van der Waals surface area contributed by atoms with Crippen LogP contribution in [0.4, 0.5) is 4.39 Å². The number of halogens is 1. The van der Waals surface area contributed by atoms with E-state index >= 15 is 0 Å². The molecule has 0 amide bonds. The van der Waals surface area contributed by atoms with E-state index in [1.807, 2.05) is 24.3 Å². The molecular weight excluding hydrogens is 369 g/mol. The second-order valence-electron chi connectivity index (χ2n) is 6.83. The molecule has 0 aromatic heterocycles. The maximum Gasteiger partial charge on any atom is 0.215 e. The Kier molecular flexibility index (Phi) is 6.14. The molecule has 0 radical (unpaired) electrons. The van der Waals surface area contributed by atoms with E-state index in [0.29, 0.717) is 18.8 Å². The lowest BCUT2D eigenvalue weighted by Crippen LogP contribution is -2.44. The van der Waals surface area contributed by atoms with E-state index in [-0.39, 0.29) is 17.7 Å². The van der Waals surface area contributed by atoms with Crippen molar-refractivity contribution >= 4 is 10.0 Å². The molecule has 0 spiro atoms. The van der Waals surface area contributed by atoms with Crippen LogP contribution in [-0.2, 0) is 25.9 Å². The van der Waals surface area contributed by atoms with Gasteiger partial charge in [0.1, 0.15) is 11.6 Å². The molecule has 146 valence electrons. The maximum atomic E-state index is 13.3. The van der Waals surface area contributed by atoms with Crippen LogP contribution in [0.25, 0.3) is 0 Å². The lowest BCUT2D eigenvalue weighted by molar-refractivity contribution is 0.0517. The van der Waals surface area contributed by atoms with Crippen molar-refractivity contribution in [1.29, 1.82) is 0 Å². The Morgan fingerprint density at radius 3 is 2.48 bits per heavy atom. The zero-order valence-corrected chi connectivity index (χ0v) is 16.1. The van der Waals surface area contributed by atoms with E-state index in [4.69, 9.17) is 9.47 Å². The quantitative estimate of drug-likeness (QED) is 0.785. The predicted octanol–water partition coefficient (Wildman–Crippen LogP) is 3.00. The first-order valence-corrected chi connectivity index (χ1v) is 10.5. The van der Waals surface area contributed by atoms with Gasteiger partial charge in [0.15, 0.2) is 0 Å². The first-order valence-electron chi connectivity index (χ1n) is 8.87. The average Bonchev–Trinajstić information content (AvgIpc) is 2.67. The third kappa shape index (κ3) is 5.06. The molecule has 2 aromatic rings. The Morgan fingerprint density at radius 2 is 1.85 bits per heavy atom. The van der Waals surface area contributed by atoms with Gasteiger partial charge in [0.2, 0.25) is 10.0 Å². The Hall–Kier alpha value is -1.96. The molecule has 2 aromatic carbocycles. The molecule has 27 heavy (non-hydrogen) atoms. The highest BCUT2D eigenvalue weighted by Crippen LogP contribution is 2.35. The van der Waals surface area contributed by atoms with Gasteiger partial charge in [-0.05, 0) is 48.2 Å². The van der Waals surface area contributed by atoms with Gasteiger partial charge in [0, 0.05) is 25.2 Å². The Labute approximate surface area is 159 Å². The van der Waals surface area contributed by atoms with Gasteiger partial charge in [-0.25, -0.2) is 17.5 Å². The van der Waals surface area contributed by atoms with Crippen LogP contribution in [0.3, 0.4) is 0 Å². The third-order valence-corrected chi connectivity index (χ3v) is 6.33. The molecule has 0 atom stereocenters. The average molecular weight is 393 g/mol. The van der Waals surface area contributed by atoms with Gasteiger partial charge in [0.05, 0.1) is 12.9 Å². The van der Waals surface area contributed by atoms with Crippen molar-refractivity contribution in [3.63, 3.8) is 0 Å². The van der Waals surface area contributed by atoms with E-state index in [0.717, 1.165) is 24.2 Å². The second-order valence-corrected chi connectivity index (χ2v) is 8.64. The number of sulfonamides is 1. The zero-order chi connectivity index (χ0) is 19.3. The van der Waals surface area contributed by atoms with Crippen molar-refractivity contribution in [3.05, 3.63) is 65.5 Å². The molecule has 1 N–H and O–H groups in total. The van der Waals surface area contributed by atoms with E-state index in [9.17, 15) is 12.8 Å². The molecule has 0 saturated carbocycles. The highest BCUT2D eigenvalue weighted by atomic mass is 32.2. The summed E-state index contributed by atoms with van der Waals surface area (Å²) in [5.41, 5.74) is 1.15. The normalized spacial score (nSPS) is 16.8. The van der Waals surface area contributed by atoms with Crippen LogP contribution in [0.1, 0.15) is 24.0 Å². The van der Waals surface area contributed by atoms with Gasteiger partial charge in [-0.1, -0.05) is 24.3 Å². The Bertz CT molecular complexity index is 862. The smallest absolute Gasteiger partial charge is 0.215 e. The van der Waals surface area contributed by atoms with E-state index in [1.165, 1.54) is 18.2 Å². The first kappa shape index (κ1) is 19.8. The number of ether oxygens (including phenoxy) is 2. The minimum absolute atomic E-state index is 0.250. The van der Waals surface area contributed by atoms with Crippen molar-refractivity contribution < 1.29 is 22.3 Å². The Balaban J connectivity index is 1.76. The summed E-state index contributed by atoms with van der Waals surface area (Å²) in [5, 5.41) is 0. The van der Waals surface area contributed by atoms with Crippen LogP contribution in [0.2, 0.25) is 0 Å². The predicted molar refractivity (Wildman–Crippen MR) is 102 cm³/mol. The molecule has 3 rings (SSSR count). The molecule has 1 aliphatic rings. The van der Waals surface area contributed by atoms with Gasteiger partial charge in [0.25, 0.3) is 0 Å². The van der Waals surface area contributed by atoms with Gasteiger partial charge in [-0.15, -0.1) is 0 Å². The minimum Gasteiger partial charge on any atom is -0.497 e. The molecule has 7 heteroatoms. The van der Waals surface area contributed by atoms with Crippen molar-refractivity contribution in [3.8, 4) is 5.75 Å². The number of methoxy groups -OCH3 is 1. The lowest BCUT2D eigenvalue weighted by Gasteiger charge is -2.38. The molecule has 0 bridgehead atoms. The minimum atomic E-state index is -3.59. The summed E-state index contributed by atoms with van der Waals surface area (Å²) >= 11 is 0. The summed E-state index contributed by atoms with van der Waals surface area (Å²) in [6, 6.07) is 13.4. The standard InChI is InChI=1S/C20H24FNO4S/c1-25-19-7-5-17(6-8-19)20(9-11-26-12-10-20)15-22-27(23,24)14-16-3-2-4-18(21)13-16/h2-8,13,22H,9-12,14-15H2,1H3. The molecule has 0 unspecified atom stereocenters. The number of hydrogen-bond acceptors (Lipinski definition) is 4. The van der Waals surface area contributed by atoms with E-state index in [1.54, 1.807) is 13.2 Å². The van der Waals surface area contributed by atoms with Crippen molar-refractivity contribution in [2.24, 2.45) is 0 Å². The monoisotopic (exact) mass is 393 g/mol. The molecule has 1 heterocycles. The summed E-state index contributed by atoms with van der Waals surface area (Å²) in [4.78, 5) is 0. The van der Waals surface area contributed by atoms with E-state index in [2.05, 4.69) is 4.72 Å². The topological polar surface area (TPSA) is 64.6 Å². The van der Waals surface area contributed by atoms with Crippen LogP contribution >= 0.6 is 0 Å².